The molecular weight excluding hydrogens is 526 g/mol. The van der Waals surface area contributed by atoms with Gasteiger partial charge in [-0.25, -0.2) is 5.43 Å². The van der Waals surface area contributed by atoms with E-state index in [1.807, 2.05) is 0 Å². The number of hydrazone groups is 1. The smallest absolute Gasteiger partial charge is 1.00 e. The van der Waals surface area contributed by atoms with Gasteiger partial charge < -0.3 is 11.4 Å². The topological polar surface area (TPSA) is 82.0 Å². The van der Waals surface area contributed by atoms with Crippen molar-refractivity contribution in [2.75, 3.05) is 13.1 Å². The summed E-state index contributed by atoms with van der Waals surface area (Å²) in [5.41, 5.74) is 2.77. The van der Waals surface area contributed by atoms with Crippen molar-refractivity contribution in [3.8, 4) is 16.2 Å². The summed E-state index contributed by atoms with van der Waals surface area (Å²) in [4.78, 5) is 27.9. The molecule has 0 spiro atoms. The Morgan fingerprint density at radius 3 is 2.34 bits per heavy atom. The molecule has 12 heteroatoms. The van der Waals surface area contributed by atoms with Gasteiger partial charge in [-0.2, -0.15) is 18.3 Å². The Morgan fingerprint density at radius 2 is 1.71 bits per heavy atom. The summed E-state index contributed by atoms with van der Waals surface area (Å²) in [6.07, 6.45) is -2.48. The minimum absolute atomic E-state index is 0. The van der Waals surface area contributed by atoms with Crippen LogP contribution in [0.5, 0.6) is 5.75 Å². The minimum Gasteiger partial charge on any atom is -1.00 e. The molecule has 2 aromatic heterocycles. The number of nitrogens with one attached hydrogen (secondary N) is 1. The van der Waals surface area contributed by atoms with E-state index in [2.05, 4.69) is 10.5 Å². The maximum Gasteiger partial charge on any atom is 1.00 e. The second kappa shape index (κ2) is 11.7. The van der Waals surface area contributed by atoms with Gasteiger partial charge in [0.05, 0.1) is 31.5 Å². The Bertz CT molecular complexity index is 1250. The number of rotatable bonds is 5. The van der Waals surface area contributed by atoms with Crippen molar-refractivity contribution in [2.24, 2.45) is 5.10 Å². The van der Waals surface area contributed by atoms with Crippen LogP contribution in [0.25, 0.3) is 10.4 Å². The fourth-order valence-electron chi connectivity index (χ4n) is 3.52. The van der Waals surface area contributed by atoms with Crippen molar-refractivity contribution in [1.82, 2.24) is 10.3 Å². The van der Waals surface area contributed by atoms with Crippen LogP contribution in [0.15, 0.2) is 46.9 Å². The van der Waals surface area contributed by atoms with E-state index in [1.165, 1.54) is 12.1 Å². The first kappa shape index (κ1) is 28.0. The molecule has 1 aliphatic rings. The van der Waals surface area contributed by atoms with E-state index in [1.54, 1.807) is 29.3 Å². The SMILES string of the molecule is CC(=NNC(=O)c1ccc(C(=O)N2CCCC2)s1)c1csc(-c2ccc(C(F)(F)F)cc2)c1O.[H-].[K+]. The fraction of sp³-hybridized carbons (Fsp3) is 0.261. The number of amides is 2. The van der Waals surface area contributed by atoms with E-state index in [0.29, 0.717) is 31.5 Å². The van der Waals surface area contributed by atoms with E-state index in [4.69, 9.17) is 0 Å². The number of alkyl halides is 3. The molecule has 0 unspecified atom stereocenters. The Hall–Kier alpha value is -1.54. The van der Waals surface area contributed by atoms with Crippen molar-refractivity contribution in [1.29, 1.82) is 0 Å². The Labute approximate surface area is 251 Å². The molecule has 0 radical (unpaired) electrons. The molecule has 4 rings (SSSR count). The van der Waals surface area contributed by atoms with Gasteiger partial charge >= 0.3 is 57.6 Å². The number of hydrogen-bond acceptors (Lipinski definition) is 6. The molecule has 3 aromatic rings. The van der Waals surface area contributed by atoms with Crippen molar-refractivity contribution in [3.05, 3.63) is 62.7 Å². The van der Waals surface area contributed by atoms with Crippen LogP contribution >= 0.6 is 22.7 Å². The molecule has 1 aromatic carbocycles. The van der Waals surface area contributed by atoms with Gasteiger partial charge in [0, 0.05) is 18.5 Å². The molecule has 35 heavy (non-hydrogen) atoms. The predicted molar refractivity (Wildman–Crippen MR) is 127 cm³/mol. The normalized spacial score (nSPS) is 14.1. The average Bonchev–Trinajstić information content (AvgIpc) is 3.57. The zero-order chi connectivity index (χ0) is 24.5. The number of carbonyl (C=O) groups is 2. The Kier molecular flexibility index (Phi) is 9.35. The third-order valence-electron chi connectivity index (χ3n) is 5.39. The second-order valence-corrected chi connectivity index (χ2v) is 9.67. The number of aromatic hydroxyl groups is 1. The van der Waals surface area contributed by atoms with E-state index in [0.717, 1.165) is 60.7 Å². The number of thiophene rings is 2. The molecule has 1 aliphatic heterocycles. The third kappa shape index (κ3) is 6.42. The van der Waals surface area contributed by atoms with Gasteiger partial charge in [0.25, 0.3) is 11.8 Å². The van der Waals surface area contributed by atoms with E-state index in [9.17, 15) is 27.9 Å². The minimum atomic E-state index is -4.44. The second-order valence-electron chi connectivity index (χ2n) is 7.70. The van der Waals surface area contributed by atoms with Crippen LogP contribution in [0.1, 0.15) is 51.7 Å². The number of hydrogen-bond donors (Lipinski definition) is 2. The van der Waals surface area contributed by atoms with Gasteiger partial charge in [0.1, 0.15) is 5.75 Å². The van der Waals surface area contributed by atoms with Crippen LogP contribution in [-0.2, 0) is 6.18 Å². The molecule has 0 saturated carbocycles. The van der Waals surface area contributed by atoms with Crippen LogP contribution < -0.4 is 56.8 Å². The molecule has 0 atom stereocenters. The summed E-state index contributed by atoms with van der Waals surface area (Å²) in [5.74, 6) is -0.697. The Morgan fingerprint density at radius 1 is 1.09 bits per heavy atom. The number of benzene rings is 1. The van der Waals surface area contributed by atoms with Crippen LogP contribution in [0.3, 0.4) is 0 Å². The largest absolute Gasteiger partial charge is 1.00 e. The summed E-state index contributed by atoms with van der Waals surface area (Å²) >= 11 is 2.25. The van der Waals surface area contributed by atoms with E-state index < -0.39 is 17.6 Å². The maximum atomic E-state index is 12.8. The number of halogens is 3. The summed E-state index contributed by atoms with van der Waals surface area (Å²) in [6, 6.07) is 7.70. The summed E-state index contributed by atoms with van der Waals surface area (Å²) in [6.45, 7) is 3.04. The molecule has 1 fully saturated rings. The van der Waals surface area contributed by atoms with Crippen LogP contribution in [0.4, 0.5) is 13.2 Å². The van der Waals surface area contributed by atoms with Crippen molar-refractivity contribution in [2.45, 2.75) is 25.9 Å². The molecule has 0 aliphatic carbocycles. The number of nitrogens with zero attached hydrogens (tertiary/aromatic N) is 2. The van der Waals surface area contributed by atoms with Gasteiger partial charge in [0.2, 0.25) is 0 Å². The zero-order valence-corrected chi connectivity index (χ0v) is 23.7. The molecule has 3 heterocycles. The maximum absolute atomic E-state index is 12.8. The Balaban J connectivity index is 0.00000228. The van der Waals surface area contributed by atoms with Crippen molar-refractivity contribution >= 4 is 40.2 Å². The number of likely N-dealkylation sites (tertiary alicyclic amines) is 1. The van der Waals surface area contributed by atoms with Gasteiger partial charge in [-0.3, -0.25) is 9.59 Å². The van der Waals surface area contributed by atoms with Crippen molar-refractivity contribution < 1.29 is 80.7 Å². The monoisotopic (exact) mass is 547 g/mol. The van der Waals surface area contributed by atoms with E-state index in [-0.39, 0.29) is 64.5 Å². The molecule has 2 N–H and O–H groups in total. The summed E-state index contributed by atoms with van der Waals surface area (Å²) < 4.78 is 38.3. The van der Waals surface area contributed by atoms with Crippen LogP contribution in [-0.4, -0.2) is 40.6 Å². The average molecular weight is 548 g/mol. The molecule has 2 amide bonds. The first-order valence-electron chi connectivity index (χ1n) is 10.4. The van der Waals surface area contributed by atoms with Crippen LogP contribution in [0.2, 0.25) is 0 Å². The van der Waals surface area contributed by atoms with Gasteiger partial charge in [-0.05, 0) is 49.6 Å². The third-order valence-corrected chi connectivity index (χ3v) is 7.48. The number of carbonyl (C=O) groups excluding carboxylic acids is 2. The van der Waals surface area contributed by atoms with Gasteiger partial charge in [-0.1, -0.05) is 12.1 Å². The standard InChI is InChI=1S/C23H20F3N3O3S2.K.H/c1-13(16-12-33-20(19(16)30)14-4-6-15(7-5-14)23(24,25)26)27-28-21(31)17-8-9-18(34-17)22(32)29-10-2-3-11-29;;/h4-9,12,30H,2-3,10-11H2,1H3,(H,28,31);;/q;+1;-1. The summed E-state index contributed by atoms with van der Waals surface area (Å²) in [5, 5.41) is 16.2. The molecule has 180 valence electrons. The summed E-state index contributed by atoms with van der Waals surface area (Å²) in [7, 11) is 0. The quantitative estimate of drug-likeness (QED) is 0.293. The van der Waals surface area contributed by atoms with Crippen molar-refractivity contribution in [3.63, 3.8) is 0 Å². The molecule has 1 saturated heterocycles. The van der Waals surface area contributed by atoms with Crippen LogP contribution in [0, 0.1) is 0 Å². The van der Waals surface area contributed by atoms with Gasteiger partial charge in [-0.15, -0.1) is 22.7 Å². The van der Waals surface area contributed by atoms with E-state index >= 15 is 0 Å². The molecule has 0 bridgehead atoms. The molecular formula is C23H21F3KN3O3S2. The fourth-order valence-corrected chi connectivity index (χ4v) is 5.40. The first-order chi connectivity index (χ1) is 16.1. The first-order valence-corrected chi connectivity index (χ1v) is 12.1. The zero-order valence-electron chi connectivity index (χ0n) is 20.0. The molecule has 6 nitrogen and oxygen atoms in total. The van der Waals surface area contributed by atoms with Gasteiger partial charge in [0.15, 0.2) is 0 Å². The predicted octanol–water partition coefficient (Wildman–Crippen LogP) is 2.71.